The van der Waals surface area contributed by atoms with E-state index in [-0.39, 0.29) is 6.04 Å². The highest BCUT2D eigenvalue weighted by molar-refractivity contribution is 4.91. The van der Waals surface area contributed by atoms with Crippen LogP contribution in [0.2, 0.25) is 0 Å². The van der Waals surface area contributed by atoms with Gasteiger partial charge in [-0.3, -0.25) is 0 Å². The molecule has 2 nitrogen and oxygen atoms in total. The fourth-order valence-corrected chi connectivity index (χ4v) is 3.86. The standard InChI is InChI=1S/C15H27F3N2/c1-11(10-15(16,17)18)20-14-8-3-2-6-12(14)13-7-4-5-9-19-13/h11-14,19-20H,2-10H2,1H3. The Morgan fingerprint density at radius 3 is 2.45 bits per heavy atom. The lowest BCUT2D eigenvalue weighted by Crippen LogP contribution is -2.52. The minimum absolute atomic E-state index is 0.247. The quantitative estimate of drug-likeness (QED) is 0.827. The molecule has 1 aliphatic carbocycles. The Kier molecular flexibility index (Phi) is 5.73. The molecule has 2 fully saturated rings. The Morgan fingerprint density at radius 2 is 1.80 bits per heavy atom. The molecular weight excluding hydrogens is 265 g/mol. The number of piperidine rings is 1. The smallest absolute Gasteiger partial charge is 0.314 e. The molecule has 0 aromatic rings. The van der Waals surface area contributed by atoms with Gasteiger partial charge in [-0.15, -0.1) is 0 Å². The monoisotopic (exact) mass is 292 g/mol. The Hall–Kier alpha value is -0.290. The van der Waals surface area contributed by atoms with E-state index < -0.39 is 18.6 Å². The van der Waals surface area contributed by atoms with Crippen LogP contribution in [0.15, 0.2) is 0 Å². The Labute approximate surface area is 119 Å². The summed E-state index contributed by atoms with van der Waals surface area (Å²) in [7, 11) is 0. The largest absolute Gasteiger partial charge is 0.390 e. The minimum atomic E-state index is -4.07. The van der Waals surface area contributed by atoms with Crippen LogP contribution in [0.4, 0.5) is 13.2 Å². The molecule has 1 saturated heterocycles. The molecule has 20 heavy (non-hydrogen) atoms. The third-order valence-corrected chi connectivity index (χ3v) is 4.72. The molecule has 2 N–H and O–H groups in total. The summed E-state index contributed by atoms with van der Waals surface area (Å²) in [5.74, 6) is 0.500. The molecule has 4 unspecified atom stereocenters. The summed E-state index contributed by atoms with van der Waals surface area (Å²) in [5.41, 5.74) is 0. The van der Waals surface area contributed by atoms with Gasteiger partial charge >= 0.3 is 6.18 Å². The maximum absolute atomic E-state index is 12.5. The van der Waals surface area contributed by atoms with Gasteiger partial charge in [0.25, 0.3) is 0 Å². The van der Waals surface area contributed by atoms with E-state index in [1.807, 2.05) is 0 Å². The highest BCUT2D eigenvalue weighted by Crippen LogP contribution is 2.31. The first-order chi connectivity index (χ1) is 9.46. The van der Waals surface area contributed by atoms with Crippen molar-refractivity contribution < 1.29 is 13.2 Å². The predicted molar refractivity (Wildman–Crippen MR) is 74.7 cm³/mol. The molecule has 1 saturated carbocycles. The first-order valence-electron chi connectivity index (χ1n) is 8.02. The molecule has 1 aliphatic heterocycles. The van der Waals surface area contributed by atoms with Crippen molar-refractivity contribution >= 4 is 0 Å². The van der Waals surface area contributed by atoms with Crippen molar-refractivity contribution in [3.63, 3.8) is 0 Å². The number of alkyl halides is 3. The average molecular weight is 292 g/mol. The van der Waals surface area contributed by atoms with Crippen LogP contribution in [0, 0.1) is 5.92 Å². The predicted octanol–water partition coefficient (Wildman–Crippen LogP) is 3.62. The zero-order valence-corrected chi connectivity index (χ0v) is 12.3. The van der Waals surface area contributed by atoms with Crippen LogP contribution in [0.25, 0.3) is 0 Å². The second-order valence-corrected chi connectivity index (χ2v) is 6.50. The fourth-order valence-electron chi connectivity index (χ4n) is 3.86. The fraction of sp³-hybridized carbons (Fsp3) is 1.00. The Balaban J connectivity index is 1.89. The van der Waals surface area contributed by atoms with Gasteiger partial charge < -0.3 is 10.6 Å². The molecular formula is C15H27F3N2. The van der Waals surface area contributed by atoms with Crippen molar-refractivity contribution in [1.82, 2.24) is 10.6 Å². The van der Waals surface area contributed by atoms with Crippen LogP contribution >= 0.6 is 0 Å². The highest BCUT2D eigenvalue weighted by Gasteiger charge is 2.35. The second-order valence-electron chi connectivity index (χ2n) is 6.50. The summed E-state index contributed by atoms with van der Waals surface area (Å²) < 4.78 is 37.4. The van der Waals surface area contributed by atoms with E-state index in [9.17, 15) is 13.2 Å². The van der Waals surface area contributed by atoms with Gasteiger partial charge in [0.15, 0.2) is 0 Å². The van der Waals surface area contributed by atoms with Gasteiger partial charge in [-0.05, 0) is 45.1 Å². The van der Waals surface area contributed by atoms with Gasteiger partial charge in [-0.2, -0.15) is 13.2 Å². The van der Waals surface area contributed by atoms with Crippen molar-refractivity contribution in [2.45, 2.75) is 82.6 Å². The summed E-state index contributed by atoms with van der Waals surface area (Å²) in [4.78, 5) is 0. The van der Waals surface area contributed by atoms with E-state index in [0.717, 1.165) is 25.8 Å². The van der Waals surface area contributed by atoms with Crippen LogP contribution in [-0.4, -0.2) is 30.8 Å². The highest BCUT2D eigenvalue weighted by atomic mass is 19.4. The van der Waals surface area contributed by atoms with E-state index >= 15 is 0 Å². The molecule has 2 aliphatic rings. The number of hydrogen-bond donors (Lipinski definition) is 2. The topological polar surface area (TPSA) is 24.1 Å². The molecule has 0 amide bonds. The molecule has 0 aromatic heterocycles. The Bertz CT molecular complexity index is 287. The molecule has 0 aromatic carbocycles. The zero-order chi connectivity index (χ0) is 14.6. The third kappa shape index (κ3) is 4.92. The zero-order valence-electron chi connectivity index (χ0n) is 12.3. The van der Waals surface area contributed by atoms with Gasteiger partial charge in [0.2, 0.25) is 0 Å². The summed E-state index contributed by atoms with van der Waals surface area (Å²) in [5, 5.41) is 6.84. The van der Waals surface area contributed by atoms with E-state index in [2.05, 4.69) is 10.6 Å². The molecule has 118 valence electrons. The van der Waals surface area contributed by atoms with Crippen molar-refractivity contribution in [3.8, 4) is 0 Å². The number of nitrogens with one attached hydrogen (secondary N) is 2. The summed E-state index contributed by atoms with van der Waals surface area (Å²) in [6.07, 6.45) is 3.38. The number of hydrogen-bond acceptors (Lipinski definition) is 2. The minimum Gasteiger partial charge on any atom is -0.314 e. The molecule has 0 spiro atoms. The number of halogens is 3. The lowest BCUT2D eigenvalue weighted by molar-refractivity contribution is -0.139. The maximum Gasteiger partial charge on any atom is 0.390 e. The number of rotatable bonds is 4. The molecule has 5 heteroatoms. The molecule has 2 rings (SSSR count). The van der Waals surface area contributed by atoms with Gasteiger partial charge in [-0.25, -0.2) is 0 Å². The SMILES string of the molecule is CC(CC(F)(F)F)NC1CCCCC1C1CCCCN1. The van der Waals surface area contributed by atoms with E-state index in [1.165, 1.54) is 25.7 Å². The van der Waals surface area contributed by atoms with E-state index in [0.29, 0.717) is 12.0 Å². The summed E-state index contributed by atoms with van der Waals surface area (Å²) in [6, 6.07) is 0.264. The van der Waals surface area contributed by atoms with Crippen LogP contribution in [0.3, 0.4) is 0 Å². The van der Waals surface area contributed by atoms with Crippen molar-refractivity contribution in [3.05, 3.63) is 0 Å². The van der Waals surface area contributed by atoms with E-state index in [4.69, 9.17) is 0 Å². The van der Waals surface area contributed by atoms with Crippen LogP contribution in [0.1, 0.15) is 58.3 Å². The van der Waals surface area contributed by atoms with Crippen molar-refractivity contribution in [2.24, 2.45) is 5.92 Å². The molecule has 1 heterocycles. The van der Waals surface area contributed by atoms with Gasteiger partial charge in [-0.1, -0.05) is 19.3 Å². The van der Waals surface area contributed by atoms with Gasteiger partial charge in [0, 0.05) is 18.1 Å². The Morgan fingerprint density at radius 1 is 1.10 bits per heavy atom. The molecule has 0 bridgehead atoms. The maximum atomic E-state index is 12.5. The summed E-state index contributed by atoms with van der Waals surface area (Å²) >= 11 is 0. The van der Waals surface area contributed by atoms with Gasteiger partial charge in [0.1, 0.15) is 0 Å². The summed E-state index contributed by atoms with van der Waals surface area (Å²) in [6.45, 7) is 2.72. The van der Waals surface area contributed by atoms with E-state index in [1.54, 1.807) is 6.92 Å². The third-order valence-electron chi connectivity index (χ3n) is 4.72. The average Bonchev–Trinajstić information content (AvgIpc) is 2.38. The second kappa shape index (κ2) is 7.12. The molecule has 0 radical (unpaired) electrons. The normalized spacial score (nSPS) is 33.9. The van der Waals surface area contributed by atoms with Crippen LogP contribution in [0.5, 0.6) is 0 Å². The first-order valence-corrected chi connectivity index (χ1v) is 8.02. The first kappa shape index (κ1) is 16.1. The molecule has 4 atom stereocenters. The van der Waals surface area contributed by atoms with Crippen LogP contribution in [-0.2, 0) is 0 Å². The van der Waals surface area contributed by atoms with Crippen LogP contribution < -0.4 is 10.6 Å². The van der Waals surface area contributed by atoms with Gasteiger partial charge in [0.05, 0.1) is 6.42 Å². The lowest BCUT2D eigenvalue weighted by Gasteiger charge is -2.41. The van der Waals surface area contributed by atoms with Crippen molar-refractivity contribution in [1.29, 1.82) is 0 Å². The van der Waals surface area contributed by atoms with Crippen molar-refractivity contribution in [2.75, 3.05) is 6.54 Å². The lowest BCUT2D eigenvalue weighted by atomic mass is 9.77.